The van der Waals surface area contributed by atoms with Crippen molar-refractivity contribution in [2.45, 2.75) is 25.7 Å². The third-order valence-corrected chi connectivity index (χ3v) is 5.89. The molecule has 25 heavy (non-hydrogen) atoms. The predicted molar refractivity (Wildman–Crippen MR) is 95.9 cm³/mol. The van der Waals surface area contributed by atoms with Crippen LogP contribution in [-0.4, -0.2) is 32.7 Å². The largest absolute Gasteiger partial charge is 0.322 e. The van der Waals surface area contributed by atoms with Gasteiger partial charge in [0.25, 0.3) is 5.91 Å². The van der Waals surface area contributed by atoms with Crippen molar-refractivity contribution in [1.82, 2.24) is 4.31 Å². The fourth-order valence-corrected chi connectivity index (χ4v) is 3.26. The van der Waals surface area contributed by atoms with Crippen LogP contribution < -0.4 is 5.32 Å². The molecule has 0 aliphatic rings. The molecule has 2 aromatic carbocycles. The first-order chi connectivity index (χ1) is 11.5. The van der Waals surface area contributed by atoms with Crippen molar-refractivity contribution in [1.29, 1.82) is 0 Å². The third-order valence-electron chi connectivity index (χ3n) is 4.10. The van der Waals surface area contributed by atoms with Crippen molar-refractivity contribution in [3.05, 3.63) is 58.4 Å². The maximum Gasteiger partial charge on any atom is 0.255 e. The second-order valence-corrected chi connectivity index (χ2v) is 8.27. The number of nitrogens with one attached hydrogen (secondary N) is 1. The first-order valence-corrected chi connectivity index (χ1v) is 9.09. The highest BCUT2D eigenvalue weighted by Gasteiger charge is 2.20. The highest BCUT2D eigenvalue weighted by molar-refractivity contribution is 7.89. The Labute approximate surface area is 147 Å². The summed E-state index contributed by atoms with van der Waals surface area (Å²) < 4.78 is 39.5. The molecule has 5 nitrogen and oxygen atoms in total. The maximum absolute atomic E-state index is 13.7. The average Bonchev–Trinajstić information content (AvgIpc) is 2.53. The first-order valence-electron chi connectivity index (χ1n) is 7.65. The number of carbonyl (C=O) groups is 1. The van der Waals surface area contributed by atoms with Crippen LogP contribution in [0.4, 0.5) is 10.1 Å². The Morgan fingerprint density at radius 3 is 2.24 bits per heavy atom. The molecule has 0 radical (unpaired) electrons. The van der Waals surface area contributed by atoms with Crippen LogP contribution in [0, 0.1) is 26.6 Å². The van der Waals surface area contributed by atoms with Gasteiger partial charge in [-0.1, -0.05) is 6.07 Å². The fourth-order valence-electron chi connectivity index (χ4n) is 2.24. The number of amides is 1. The zero-order valence-corrected chi connectivity index (χ0v) is 15.7. The van der Waals surface area contributed by atoms with E-state index in [1.165, 1.54) is 32.3 Å². The third kappa shape index (κ3) is 3.88. The summed E-state index contributed by atoms with van der Waals surface area (Å²) in [6, 6.07) is 7.19. The molecule has 0 fully saturated rings. The minimum Gasteiger partial charge on any atom is -0.322 e. The average molecular weight is 364 g/mol. The van der Waals surface area contributed by atoms with E-state index in [0.717, 1.165) is 21.5 Å². The van der Waals surface area contributed by atoms with Gasteiger partial charge in [-0.3, -0.25) is 4.79 Å². The number of hydrogen-bond donors (Lipinski definition) is 1. The number of anilines is 1. The van der Waals surface area contributed by atoms with E-state index in [-0.39, 0.29) is 10.5 Å². The number of aryl methyl sites for hydroxylation is 2. The summed E-state index contributed by atoms with van der Waals surface area (Å²) in [6.45, 7) is 5.16. The molecule has 0 aromatic heterocycles. The van der Waals surface area contributed by atoms with Crippen LogP contribution in [0.25, 0.3) is 0 Å². The lowest BCUT2D eigenvalue weighted by atomic mass is 10.1. The molecular weight excluding hydrogens is 343 g/mol. The molecule has 134 valence electrons. The van der Waals surface area contributed by atoms with E-state index in [1.54, 1.807) is 26.8 Å². The molecule has 2 rings (SSSR count). The number of rotatable bonds is 4. The number of hydrogen-bond acceptors (Lipinski definition) is 3. The smallest absolute Gasteiger partial charge is 0.255 e. The maximum atomic E-state index is 13.7. The molecule has 0 atom stereocenters. The minimum atomic E-state index is -3.63. The summed E-state index contributed by atoms with van der Waals surface area (Å²) in [5.41, 5.74) is 2.47. The Balaban J connectivity index is 2.43. The van der Waals surface area contributed by atoms with E-state index in [2.05, 4.69) is 5.32 Å². The van der Waals surface area contributed by atoms with Gasteiger partial charge in [-0.05, 0) is 61.7 Å². The lowest BCUT2D eigenvalue weighted by molar-refractivity contribution is 0.102. The van der Waals surface area contributed by atoms with E-state index < -0.39 is 21.7 Å². The van der Waals surface area contributed by atoms with Crippen molar-refractivity contribution in [3.8, 4) is 0 Å². The van der Waals surface area contributed by atoms with Gasteiger partial charge in [0.15, 0.2) is 0 Å². The lowest BCUT2D eigenvalue weighted by Gasteiger charge is -2.16. The second-order valence-electron chi connectivity index (χ2n) is 6.12. The first kappa shape index (κ1) is 19.1. The molecule has 2 aromatic rings. The predicted octanol–water partition coefficient (Wildman–Crippen LogP) is 3.25. The fraction of sp³-hybridized carbons (Fsp3) is 0.278. The van der Waals surface area contributed by atoms with Crippen LogP contribution in [0.5, 0.6) is 0 Å². The van der Waals surface area contributed by atoms with Crippen molar-refractivity contribution >= 4 is 21.6 Å². The normalized spacial score (nSPS) is 11.6. The van der Waals surface area contributed by atoms with E-state index in [9.17, 15) is 17.6 Å². The molecule has 1 amide bonds. The Bertz CT molecular complexity index is 938. The van der Waals surface area contributed by atoms with Crippen LogP contribution >= 0.6 is 0 Å². The van der Waals surface area contributed by atoms with Gasteiger partial charge in [-0.15, -0.1) is 0 Å². The Hall–Kier alpha value is -2.25. The number of nitrogens with zero attached hydrogens (tertiary/aromatic N) is 1. The second kappa shape index (κ2) is 6.93. The van der Waals surface area contributed by atoms with E-state index in [4.69, 9.17) is 0 Å². The van der Waals surface area contributed by atoms with Crippen LogP contribution in [0.2, 0.25) is 0 Å². The van der Waals surface area contributed by atoms with Crippen molar-refractivity contribution in [2.24, 2.45) is 0 Å². The molecular formula is C18H21FN2O3S. The van der Waals surface area contributed by atoms with Crippen molar-refractivity contribution < 1.29 is 17.6 Å². The van der Waals surface area contributed by atoms with E-state index in [0.29, 0.717) is 11.3 Å². The van der Waals surface area contributed by atoms with Gasteiger partial charge in [0.05, 0.1) is 4.90 Å². The highest BCUT2D eigenvalue weighted by atomic mass is 32.2. The van der Waals surface area contributed by atoms with Crippen LogP contribution in [0.15, 0.2) is 35.2 Å². The standard InChI is InChI=1S/C18H21FN2O3S/c1-11-6-7-14(9-16(11)19)18(22)20-17-10-15(8-12(2)13(17)3)25(23,24)21(4)5/h6-10H,1-5H3,(H,20,22). The lowest BCUT2D eigenvalue weighted by Crippen LogP contribution is -2.23. The molecule has 0 aliphatic carbocycles. The number of sulfonamides is 1. The summed E-state index contributed by atoms with van der Waals surface area (Å²) in [5.74, 6) is -0.967. The van der Waals surface area contributed by atoms with Crippen LogP contribution in [0.3, 0.4) is 0 Å². The summed E-state index contributed by atoms with van der Waals surface area (Å²) in [4.78, 5) is 12.5. The van der Waals surface area contributed by atoms with Gasteiger partial charge in [-0.25, -0.2) is 17.1 Å². The molecule has 0 saturated heterocycles. The highest BCUT2D eigenvalue weighted by Crippen LogP contribution is 2.26. The quantitative estimate of drug-likeness (QED) is 0.906. The number of carbonyl (C=O) groups excluding carboxylic acids is 1. The van der Waals surface area contributed by atoms with Crippen LogP contribution in [-0.2, 0) is 10.0 Å². The van der Waals surface area contributed by atoms with Crippen molar-refractivity contribution in [2.75, 3.05) is 19.4 Å². The van der Waals surface area contributed by atoms with Gasteiger partial charge in [0, 0.05) is 25.3 Å². The van der Waals surface area contributed by atoms with Gasteiger partial charge >= 0.3 is 0 Å². The van der Waals surface area contributed by atoms with E-state index >= 15 is 0 Å². The van der Waals surface area contributed by atoms with Gasteiger partial charge in [0.1, 0.15) is 5.82 Å². The minimum absolute atomic E-state index is 0.0889. The topological polar surface area (TPSA) is 66.5 Å². The zero-order chi connectivity index (χ0) is 18.9. The van der Waals surface area contributed by atoms with E-state index in [1.807, 2.05) is 0 Å². The Morgan fingerprint density at radius 2 is 1.68 bits per heavy atom. The molecule has 0 heterocycles. The summed E-state index contributed by atoms with van der Waals surface area (Å²) in [6.07, 6.45) is 0. The Kier molecular flexibility index (Phi) is 5.29. The van der Waals surface area contributed by atoms with Crippen molar-refractivity contribution in [3.63, 3.8) is 0 Å². The molecule has 0 saturated carbocycles. The Morgan fingerprint density at radius 1 is 1.04 bits per heavy atom. The molecule has 1 N–H and O–H groups in total. The molecule has 0 aliphatic heterocycles. The SMILES string of the molecule is Cc1ccc(C(=O)Nc2cc(S(=O)(=O)N(C)C)cc(C)c2C)cc1F. The van der Waals surface area contributed by atoms with Gasteiger partial charge in [-0.2, -0.15) is 0 Å². The number of benzene rings is 2. The molecule has 0 bridgehead atoms. The molecule has 0 unspecified atom stereocenters. The summed E-state index contributed by atoms with van der Waals surface area (Å²) in [7, 11) is -0.745. The molecule has 0 spiro atoms. The molecule has 7 heteroatoms. The van der Waals surface area contributed by atoms with Gasteiger partial charge < -0.3 is 5.32 Å². The number of halogens is 1. The monoisotopic (exact) mass is 364 g/mol. The van der Waals surface area contributed by atoms with Crippen LogP contribution in [0.1, 0.15) is 27.0 Å². The zero-order valence-electron chi connectivity index (χ0n) is 14.8. The van der Waals surface area contributed by atoms with Gasteiger partial charge in [0.2, 0.25) is 10.0 Å². The summed E-state index contributed by atoms with van der Waals surface area (Å²) >= 11 is 0. The summed E-state index contributed by atoms with van der Waals surface area (Å²) in [5, 5.41) is 2.68.